The van der Waals surface area contributed by atoms with Crippen LogP contribution in [0.3, 0.4) is 0 Å². The molecule has 2 aromatic carbocycles. The highest BCUT2D eigenvalue weighted by molar-refractivity contribution is 5.86. The van der Waals surface area contributed by atoms with Gasteiger partial charge in [-0.3, -0.25) is 4.79 Å². The molecule has 1 unspecified atom stereocenters. The van der Waals surface area contributed by atoms with E-state index >= 15 is 0 Å². The average Bonchev–Trinajstić information content (AvgIpc) is 3.00. The maximum absolute atomic E-state index is 12.4. The lowest BCUT2D eigenvalue weighted by Gasteiger charge is -2.24. The Bertz CT molecular complexity index is 1110. The number of benzene rings is 2. The summed E-state index contributed by atoms with van der Waals surface area (Å²) >= 11 is 0. The minimum Gasteiger partial charge on any atom is -0.485 e. The molecule has 3 aromatic rings. The van der Waals surface area contributed by atoms with Crippen LogP contribution in [0.5, 0.6) is 11.5 Å². The van der Waals surface area contributed by atoms with Crippen molar-refractivity contribution in [3.63, 3.8) is 0 Å². The zero-order valence-electron chi connectivity index (χ0n) is 17.6. The number of hydrogen-bond acceptors (Lipinski definition) is 4. The van der Waals surface area contributed by atoms with E-state index in [1.165, 1.54) is 11.1 Å². The molecule has 0 fully saturated rings. The van der Waals surface area contributed by atoms with Gasteiger partial charge in [0, 0.05) is 22.6 Å². The first kappa shape index (κ1) is 19.8. The van der Waals surface area contributed by atoms with Gasteiger partial charge in [-0.1, -0.05) is 18.2 Å². The minimum atomic E-state index is -0.736. The molecule has 0 radical (unpaired) electrons. The van der Waals surface area contributed by atoms with Crippen LogP contribution < -0.4 is 14.9 Å². The molecule has 0 saturated heterocycles. The van der Waals surface area contributed by atoms with Crippen LogP contribution in [0.15, 0.2) is 53.6 Å². The third-order valence-corrected chi connectivity index (χ3v) is 5.11. The molecule has 6 heteroatoms. The van der Waals surface area contributed by atoms with Crippen molar-refractivity contribution in [3.8, 4) is 17.2 Å². The second kappa shape index (κ2) is 8.06. The fraction of sp³-hybridized carbons (Fsp3) is 0.250. The second-order valence-corrected chi connectivity index (χ2v) is 7.61. The summed E-state index contributed by atoms with van der Waals surface area (Å²) in [5.74, 6) is 0.859. The van der Waals surface area contributed by atoms with E-state index in [0.717, 1.165) is 22.6 Å². The number of ether oxygens (including phenoxy) is 2. The van der Waals surface area contributed by atoms with Gasteiger partial charge in [-0.2, -0.15) is 5.10 Å². The summed E-state index contributed by atoms with van der Waals surface area (Å²) in [5, 5.41) is 4.14. The van der Waals surface area contributed by atoms with E-state index in [9.17, 15) is 4.79 Å². The molecule has 0 saturated carbocycles. The van der Waals surface area contributed by atoms with Crippen molar-refractivity contribution in [3.05, 3.63) is 76.6 Å². The van der Waals surface area contributed by atoms with Crippen LogP contribution >= 0.6 is 0 Å². The highest BCUT2D eigenvalue weighted by Gasteiger charge is 2.27. The van der Waals surface area contributed by atoms with E-state index in [4.69, 9.17) is 9.47 Å². The molecule has 2 heterocycles. The number of aromatic nitrogens is 1. The van der Waals surface area contributed by atoms with Gasteiger partial charge in [0.25, 0.3) is 5.91 Å². The predicted molar refractivity (Wildman–Crippen MR) is 117 cm³/mol. The molecule has 154 valence electrons. The van der Waals surface area contributed by atoms with Gasteiger partial charge in [0.05, 0.1) is 6.21 Å². The van der Waals surface area contributed by atoms with Crippen molar-refractivity contribution in [2.45, 2.75) is 33.8 Å². The van der Waals surface area contributed by atoms with E-state index < -0.39 is 6.10 Å². The molecule has 1 N–H and O–H groups in total. The molecule has 4 rings (SSSR count). The molecule has 1 aromatic heterocycles. The smallest absolute Gasteiger partial charge is 0.284 e. The Morgan fingerprint density at radius 3 is 2.50 bits per heavy atom. The van der Waals surface area contributed by atoms with E-state index in [0.29, 0.717) is 11.5 Å². The first-order valence-corrected chi connectivity index (χ1v) is 9.91. The SMILES string of the molecule is Cc1cc(C)cc(-n2c(C)cc(/C=N/NC(=O)C3COc4ccccc4O3)c2C)c1. The van der Waals surface area contributed by atoms with Crippen molar-refractivity contribution in [1.29, 1.82) is 0 Å². The Morgan fingerprint density at radius 1 is 1.07 bits per heavy atom. The molecule has 1 amide bonds. The summed E-state index contributed by atoms with van der Waals surface area (Å²) in [6.45, 7) is 8.45. The Morgan fingerprint density at radius 2 is 1.77 bits per heavy atom. The monoisotopic (exact) mass is 403 g/mol. The number of amides is 1. The summed E-state index contributed by atoms with van der Waals surface area (Å²) in [5.41, 5.74) is 9.22. The number of carbonyl (C=O) groups is 1. The lowest BCUT2D eigenvalue weighted by molar-refractivity contribution is -0.130. The molecule has 30 heavy (non-hydrogen) atoms. The Balaban J connectivity index is 1.47. The Hall–Kier alpha value is -3.54. The van der Waals surface area contributed by atoms with E-state index in [1.807, 2.05) is 25.1 Å². The van der Waals surface area contributed by atoms with Gasteiger partial charge in [-0.15, -0.1) is 0 Å². The van der Waals surface area contributed by atoms with Crippen LogP contribution in [-0.2, 0) is 4.79 Å². The molecule has 6 nitrogen and oxygen atoms in total. The summed E-state index contributed by atoms with van der Waals surface area (Å²) in [6, 6.07) is 15.8. The van der Waals surface area contributed by atoms with Gasteiger partial charge < -0.3 is 14.0 Å². The molecule has 1 atom stereocenters. The van der Waals surface area contributed by atoms with Crippen LogP contribution in [0.4, 0.5) is 0 Å². The second-order valence-electron chi connectivity index (χ2n) is 7.61. The fourth-order valence-electron chi connectivity index (χ4n) is 3.78. The van der Waals surface area contributed by atoms with Crippen molar-refractivity contribution in [1.82, 2.24) is 9.99 Å². The maximum atomic E-state index is 12.4. The number of fused-ring (bicyclic) bond motifs is 1. The average molecular weight is 403 g/mol. The van der Waals surface area contributed by atoms with Crippen LogP contribution in [0.25, 0.3) is 5.69 Å². The number of hydrogen-bond donors (Lipinski definition) is 1. The topological polar surface area (TPSA) is 64.9 Å². The van der Waals surface area contributed by atoms with Crippen LogP contribution in [0, 0.1) is 27.7 Å². The lowest BCUT2D eigenvalue weighted by Crippen LogP contribution is -2.42. The summed E-state index contributed by atoms with van der Waals surface area (Å²) in [7, 11) is 0. The first-order chi connectivity index (χ1) is 14.4. The normalized spacial score (nSPS) is 15.4. The van der Waals surface area contributed by atoms with Gasteiger partial charge in [0.2, 0.25) is 6.10 Å². The van der Waals surface area contributed by atoms with Gasteiger partial charge >= 0.3 is 0 Å². The van der Waals surface area contributed by atoms with Crippen LogP contribution in [0.1, 0.15) is 28.1 Å². The molecule has 1 aliphatic heterocycles. The van der Waals surface area contributed by atoms with Crippen LogP contribution in [-0.4, -0.2) is 29.4 Å². The molecular formula is C24H25N3O3. The van der Waals surface area contributed by atoms with Gasteiger partial charge in [-0.25, -0.2) is 5.43 Å². The quantitative estimate of drug-likeness (QED) is 0.529. The Labute approximate surface area is 176 Å². The fourth-order valence-corrected chi connectivity index (χ4v) is 3.78. The molecule has 0 aliphatic carbocycles. The molecule has 0 bridgehead atoms. The number of nitrogens with zero attached hydrogens (tertiary/aromatic N) is 2. The maximum Gasteiger partial charge on any atom is 0.284 e. The number of hydrazone groups is 1. The number of aryl methyl sites for hydroxylation is 3. The number of para-hydroxylation sites is 2. The van der Waals surface area contributed by atoms with E-state index in [1.54, 1.807) is 12.3 Å². The third-order valence-electron chi connectivity index (χ3n) is 5.11. The van der Waals surface area contributed by atoms with Crippen LogP contribution in [0.2, 0.25) is 0 Å². The zero-order valence-corrected chi connectivity index (χ0v) is 17.6. The summed E-state index contributed by atoms with van der Waals surface area (Å²) in [4.78, 5) is 12.4. The summed E-state index contributed by atoms with van der Waals surface area (Å²) in [6.07, 6.45) is 0.927. The predicted octanol–water partition coefficient (Wildman–Crippen LogP) is 4.00. The highest BCUT2D eigenvalue weighted by Crippen LogP contribution is 2.30. The highest BCUT2D eigenvalue weighted by atomic mass is 16.6. The molecular weight excluding hydrogens is 378 g/mol. The van der Waals surface area contributed by atoms with Crippen molar-refractivity contribution in [2.24, 2.45) is 5.10 Å². The largest absolute Gasteiger partial charge is 0.485 e. The van der Waals surface area contributed by atoms with Gasteiger partial charge in [0.15, 0.2) is 11.5 Å². The standard InChI is InChI=1S/C24H25N3O3/c1-15-9-16(2)11-20(10-15)27-17(3)12-19(18(27)4)13-25-26-24(28)23-14-29-21-7-5-6-8-22(21)30-23/h5-13,23H,14H2,1-4H3,(H,26,28)/b25-13+. The molecule has 0 spiro atoms. The minimum absolute atomic E-state index is 0.152. The van der Waals surface area contributed by atoms with Gasteiger partial charge in [-0.05, 0) is 69.2 Å². The van der Waals surface area contributed by atoms with Gasteiger partial charge in [0.1, 0.15) is 6.61 Å². The van der Waals surface area contributed by atoms with Crippen molar-refractivity contribution in [2.75, 3.05) is 6.61 Å². The Kier molecular flexibility index (Phi) is 5.31. The summed E-state index contributed by atoms with van der Waals surface area (Å²) < 4.78 is 13.5. The number of carbonyl (C=O) groups excluding carboxylic acids is 1. The van der Waals surface area contributed by atoms with E-state index in [-0.39, 0.29) is 12.5 Å². The van der Waals surface area contributed by atoms with E-state index in [2.05, 4.69) is 60.1 Å². The first-order valence-electron chi connectivity index (χ1n) is 9.91. The zero-order chi connectivity index (χ0) is 21.3. The van der Waals surface area contributed by atoms with Crippen molar-refractivity contribution < 1.29 is 14.3 Å². The van der Waals surface area contributed by atoms with Crippen molar-refractivity contribution >= 4 is 12.1 Å². The third kappa shape index (κ3) is 3.94. The number of rotatable bonds is 4. The number of nitrogens with one attached hydrogen (secondary N) is 1. The lowest BCUT2D eigenvalue weighted by atomic mass is 10.1. The molecule has 1 aliphatic rings.